The zero-order valence-electron chi connectivity index (χ0n) is 18.9. The van der Waals surface area contributed by atoms with E-state index in [4.69, 9.17) is 26.4 Å². The van der Waals surface area contributed by atoms with Gasteiger partial charge < -0.3 is 10.1 Å². The van der Waals surface area contributed by atoms with Crippen LogP contribution in [-0.2, 0) is 11.4 Å². The fraction of sp³-hybridized carbons (Fsp3) is 0.179. The molecule has 35 heavy (non-hydrogen) atoms. The monoisotopic (exact) mass is 482 g/mol. The molecule has 1 N–H and O–H groups in total. The lowest BCUT2D eigenvalue weighted by molar-refractivity contribution is -0.116. The van der Waals surface area contributed by atoms with E-state index < -0.39 is 6.04 Å². The van der Waals surface area contributed by atoms with Gasteiger partial charge in [0, 0.05) is 23.3 Å². The Labute approximate surface area is 208 Å². The number of nitrogens with one attached hydrogen (secondary N) is 1. The molecule has 174 valence electrons. The third kappa shape index (κ3) is 4.10. The lowest BCUT2D eigenvalue weighted by Gasteiger charge is -2.32. The summed E-state index contributed by atoms with van der Waals surface area (Å²) in [6.45, 7) is 0.467. The summed E-state index contributed by atoms with van der Waals surface area (Å²) < 4.78 is 7.89. The average molecular weight is 483 g/mol. The van der Waals surface area contributed by atoms with E-state index in [0.29, 0.717) is 29.8 Å². The number of nitrogens with zero attached hydrogens (tertiary/aromatic N) is 3. The Morgan fingerprint density at radius 3 is 2.69 bits per heavy atom. The minimum absolute atomic E-state index is 0.139. The molecule has 0 unspecified atom stereocenters. The first-order chi connectivity index (χ1) is 17.2. The topological polar surface area (TPSA) is 69.0 Å². The standard InChI is InChI=1S/C28H23ClN4O2/c29-22-13-5-4-12-21(22)27-31-28-30-23-14-7-15-24(34)25(23)26(33(28)32-27)19-10-6-11-20(16-19)35-17-18-8-2-1-3-9-18/h1-6,8-13,16,26H,7,14-15,17H2,(H,30,31,32)/t26-/m0/s1. The number of hydrogen-bond acceptors (Lipinski definition) is 5. The van der Waals surface area contributed by atoms with E-state index in [0.717, 1.165) is 46.6 Å². The van der Waals surface area contributed by atoms with Gasteiger partial charge in [-0.25, -0.2) is 4.68 Å². The van der Waals surface area contributed by atoms with Gasteiger partial charge in [0.2, 0.25) is 5.95 Å². The SMILES string of the molecule is O=C1CCCC2=C1[C@H](c1cccc(OCc3ccccc3)c1)n1nc(-c3ccccc3Cl)nc1N2. The van der Waals surface area contributed by atoms with Gasteiger partial charge in [0.05, 0.1) is 5.02 Å². The molecule has 7 heteroatoms. The van der Waals surface area contributed by atoms with Crippen LogP contribution in [0, 0.1) is 0 Å². The van der Waals surface area contributed by atoms with Gasteiger partial charge in [-0.1, -0.05) is 66.2 Å². The molecular formula is C28H23ClN4O2. The first-order valence-corrected chi connectivity index (χ1v) is 12.1. The predicted octanol–water partition coefficient (Wildman–Crippen LogP) is 6.20. The number of ketones is 1. The Hall–Kier alpha value is -3.90. The Balaban J connectivity index is 1.41. The van der Waals surface area contributed by atoms with Crippen molar-refractivity contribution in [3.63, 3.8) is 0 Å². The molecule has 3 aromatic carbocycles. The van der Waals surface area contributed by atoms with E-state index in [1.807, 2.05) is 78.9 Å². The number of rotatable bonds is 5. The van der Waals surface area contributed by atoms with Crippen LogP contribution in [0.5, 0.6) is 5.75 Å². The molecular weight excluding hydrogens is 460 g/mol. The minimum Gasteiger partial charge on any atom is -0.489 e. The van der Waals surface area contributed by atoms with Crippen LogP contribution >= 0.6 is 11.6 Å². The van der Waals surface area contributed by atoms with Crippen LogP contribution in [0.3, 0.4) is 0 Å². The Morgan fingerprint density at radius 2 is 1.83 bits per heavy atom. The van der Waals surface area contributed by atoms with Crippen molar-refractivity contribution in [1.29, 1.82) is 0 Å². The van der Waals surface area contributed by atoms with Gasteiger partial charge >= 0.3 is 0 Å². The first-order valence-electron chi connectivity index (χ1n) is 11.7. The number of fused-ring (bicyclic) bond motifs is 1. The fourth-order valence-corrected chi connectivity index (χ4v) is 4.96. The van der Waals surface area contributed by atoms with Crippen molar-refractivity contribution in [3.8, 4) is 17.1 Å². The van der Waals surface area contributed by atoms with Crippen LogP contribution in [0.25, 0.3) is 11.4 Å². The van der Waals surface area contributed by atoms with Crippen LogP contribution in [-0.4, -0.2) is 20.5 Å². The second-order valence-corrected chi connectivity index (χ2v) is 9.13. The number of benzene rings is 3. The molecule has 6 nitrogen and oxygen atoms in total. The van der Waals surface area contributed by atoms with Crippen molar-refractivity contribution in [2.45, 2.75) is 31.9 Å². The Morgan fingerprint density at radius 1 is 1.00 bits per heavy atom. The molecule has 0 fully saturated rings. The highest BCUT2D eigenvalue weighted by atomic mass is 35.5. The van der Waals surface area contributed by atoms with Crippen molar-refractivity contribution in [2.24, 2.45) is 0 Å². The zero-order valence-corrected chi connectivity index (χ0v) is 19.7. The molecule has 6 rings (SSSR count). The van der Waals surface area contributed by atoms with Crippen molar-refractivity contribution in [1.82, 2.24) is 14.8 Å². The largest absolute Gasteiger partial charge is 0.489 e. The number of carbonyl (C=O) groups excluding carboxylic acids is 1. The third-order valence-electron chi connectivity index (χ3n) is 6.41. The molecule has 2 aliphatic rings. The van der Waals surface area contributed by atoms with Gasteiger partial charge in [0.25, 0.3) is 0 Å². The second-order valence-electron chi connectivity index (χ2n) is 8.73. The molecule has 4 aromatic rings. The highest BCUT2D eigenvalue weighted by Gasteiger charge is 2.37. The number of aromatic nitrogens is 3. The summed E-state index contributed by atoms with van der Waals surface area (Å²) in [5.41, 5.74) is 4.44. The lowest BCUT2D eigenvalue weighted by atomic mass is 9.85. The van der Waals surface area contributed by atoms with Gasteiger partial charge in [0.15, 0.2) is 11.6 Å². The van der Waals surface area contributed by atoms with Gasteiger partial charge in [0.1, 0.15) is 18.4 Å². The van der Waals surface area contributed by atoms with Crippen LogP contribution in [0.15, 0.2) is 90.1 Å². The smallest absolute Gasteiger partial charge is 0.226 e. The van der Waals surface area contributed by atoms with E-state index in [1.54, 1.807) is 4.68 Å². The van der Waals surface area contributed by atoms with E-state index >= 15 is 0 Å². The normalized spacial score (nSPS) is 16.9. The van der Waals surface area contributed by atoms with Gasteiger partial charge in [-0.05, 0) is 48.2 Å². The maximum absolute atomic E-state index is 13.1. The molecule has 0 saturated heterocycles. The molecule has 2 heterocycles. The van der Waals surface area contributed by atoms with E-state index in [9.17, 15) is 4.79 Å². The number of halogens is 1. The summed E-state index contributed by atoms with van der Waals surface area (Å²) >= 11 is 6.44. The van der Waals surface area contributed by atoms with Crippen molar-refractivity contribution < 1.29 is 9.53 Å². The van der Waals surface area contributed by atoms with Gasteiger partial charge in [-0.3, -0.25) is 4.79 Å². The molecule has 1 aliphatic heterocycles. The number of Topliss-reactive ketones (excluding diaryl/α,β-unsaturated/α-hetero) is 1. The van der Waals surface area contributed by atoms with Crippen LogP contribution in [0.2, 0.25) is 5.02 Å². The molecule has 0 spiro atoms. The summed E-state index contributed by atoms with van der Waals surface area (Å²) in [6.07, 6.45) is 2.15. The molecule has 0 bridgehead atoms. The molecule has 1 aliphatic carbocycles. The highest BCUT2D eigenvalue weighted by Crippen LogP contribution is 2.41. The summed E-state index contributed by atoms with van der Waals surface area (Å²) in [4.78, 5) is 17.9. The van der Waals surface area contributed by atoms with Crippen LogP contribution in [0.4, 0.5) is 5.95 Å². The quantitative estimate of drug-likeness (QED) is 0.367. The second kappa shape index (κ2) is 9.04. The predicted molar refractivity (Wildman–Crippen MR) is 135 cm³/mol. The van der Waals surface area contributed by atoms with Crippen LogP contribution < -0.4 is 10.1 Å². The first kappa shape index (κ1) is 21.6. The summed E-state index contributed by atoms with van der Waals surface area (Å²) in [7, 11) is 0. The molecule has 0 amide bonds. The number of ether oxygens (including phenoxy) is 1. The molecule has 0 saturated carbocycles. The van der Waals surface area contributed by atoms with E-state index in [1.165, 1.54) is 0 Å². The summed E-state index contributed by atoms with van der Waals surface area (Å²) in [5, 5.41) is 8.77. The lowest BCUT2D eigenvalue weighted by Crippen LogP contribution is -2.31. The summed E-state index contributed by atoms with van der Waals surface area (Å²) in [6, 6.07) is 25.1. The maximum atomic E-state index is 13.1. The molecule has 0 radical (unpaired) electrons. The number of carbonyl (C=O) groups is 1. The van der Waals surface area contributed by atoms with Crippen molar-refractivity contribution in [3.05, 3.63) is 106 Å². The van der Waals surface area contributed by atoms with Crippen molar-refractivity contribution >= 4 is 23.3 Å². The Kier molecular flexibility index (Phi) is 5.58. The summed E-state index contributed by atoms with van der Waals surface area (Å²) in [5.74, 6) is 2.00. The number of hydrogen-bond donors (Lipinski definition) is 1. The zero-order chi connectivity index (χ0) is 23.8. The van der Waals surface area contributed by atoms with E-state index in [2.05, 4.69) is 5.32 Å². The average Bonchev–Trinajstić information content (AvgIpc) is 3.31. The minimum atomic E-state index is -0.391. The Bertz CT molecular complexity index is 1440. The molecule has 1 atom stereocenters. The van der Waals surface area contributed by atoms with E-state index in [-0.39, 0.29) is 5.78 Å². The number of anilines is 1. The van der Waals surface area contributed by atoms with Crippen LogP contribution in [0.1, 0.15) is 36.4 Å². The highest BCUT2D eigenvalue weighted by molar-refractivity contribution is 6.33. The van der Waals surface area contributed by atoms with Crippen molar-refractivity contribution in [2.75, 3.05) is 5.32 Å². The fourth-order valence-electron chi connectivity index (χ4n) is 4.74. The number of allylic oxidation sites excluding steroid dienone is 2. The van der Waals surface area contributed by atoms with Gasteiger partial charge in [-0.15, -0.1) is 5.10 Å². The molecule has 1 aromatic heterocycles. The van der Waals surface area contributed by atoms with Gasteiger partial charge in [-0.2, -0.15) is 4.98 Å². The third-order valence-corrected chi connectivity index (χ3v) is 6.73. The maximum Gasteiger partial charge on any atom is 0.226 e.